The maximum atomic E-state index is 13.1. The number of aromatic nitrogens is 3. The van der Waals surface area contributed by atoms with Gasteiger partial charge < -0.3 is 0 Å². The Balaban J connectivity index is 2.07. The van der Waals surface area contributed by atoms with Crippen molar-refractivity contribution in [3.8, 4) is 0 Å². The van der Waals surface area contributed by atoms with Crippen LogP contribution in [0.15, 0.2) is 30.7 Å². The molecule has 3 aromatic rings. The van der Waals surface area contributed by atoms with Crippen LogP contribution in [-0.4, -0.2) is 38.5 Å². The Morgan fingerprint density at radius 1 is 1.10 bits per heavy atom. The Hall–Kier alpha value is -0.921. The SMILES string of the molecule is CCC[CH2][Sn]([CH2]CCC)([CH2]CCC)[c]1cn2c(Cl)nc(C(=O)c3cccnc3)c2s1. The molecule has 0 N–H and O–H groups in total. The van der Waals surface area contributed by atoms with E-state index in [0.717, 1.165) is 4.83 Å². The Morgan fingerprint density at radius 3 is 2.27 bits per heavy atom. The van der Waals surface area contributed by atoms with Gasteiger partial charge in [-0.25, -0.2) is 0 Å². The van der Waals surface area contributed by atoms with Gasteiger partial charge in [-0.2, -0.15) is 0 Å². The standard InChI is InChI=1S/C11H5ClN3OS.3C4H9.Sn/c12-11-14-8(10-15(11)4-5-17-10)9(16)7-2-1-3-13-6-7;3*1-3-4-2;/h1-4,6H;3*1,3-4H2,2H3;. The number of unbranched alkanes of at least 4 members (excludes halogenated alkanes) is 3. The number of carbonyl (C=O) groups excluding carboxylic acids is 1. The van der Waals surface area contributed by atoms with Gasteiger partial charge in [0.2, 0.25) is 0 Å². The van der Waals surface area contributed by atoms with Crippen LogP contribution in [0.4, 0.5) is 0 Å². The van der Waals surface area contributed by atoms with Crippen molar-refractivity contribution in [2.45, 2.75) is 72.6 Å². The van der Waals surface area contributed by atoms with E-state index in [4.69, 9.17) is 11.6 Å². The average Bonchev–Trinajstić information content (AvgIpc) is 3.35. The molecular formula is C23H32ClN3OSSn. The second-order valence-electron chi connectivity index (χ2n) is 8.16. The second-order valence-corrected chi connectivity index (χ2v) is 23.7. The fraction of sp³-hybridized carbons (Fsp3) is 0.522. The molecule has 0 aliphatic rings. The van der Waals surface area contributed by atoms with Gasteiger partial charge in [-0.1, -0.05) is 0 Å². The summed E-state index contributed by atoms with van der Waals surface area (Å²) in [4.78, 5) is 22.5. The van der Waals surface area contributed by atoms with Crippen LogP contribution in [0.3, 0.4) is 0 Å². The molecule has 0 saturated carbocycles. The molecule has 7 heteroatoms. The van der Waals surface area contributed by atoms with Crippen molar-refractivity contribution in [3.63, 3.8) is 0 Å². The van der Waals surface area contributed by atoms with Gasteiger partial charge >= 0.3 is 194 Å². The number of hydrogen-bond acceptors (Lipinski definition) is 4. The molecule has 3 heterocycles. The quantitative estimate of drug-likeness (QED) is 0.185. The number of pyridine rings is 1. The number of fused-ring (bicyclic) bond motifs is 1. The van der Waals surface area contributed by atoms with Crippen molar-refractivity contribution >= 4 is 54.8 Å². The normalized spacial score (nSPS) is 12.0. The fourth-order valence-corrected chi connectivity index (χ4v) is 24.4. The third-order valence-corrected chi connectivity index (χ3v) is 25.5. The van der Waals surface area contributed by atoms with Crippen LogP contribution in [0.5, 0.6) is 0 Å². The number of halogens is 1. The molecule has 0 radical (unpaired) electrons. The fourth-order valence-electron chi connectivity index (χ4n) is 4.17. The van der Waals surface area contributed by atoms with Crippen molar-refractivity contribution < 1.29 is 4.79 Å². The number of ketones is 1. The summed E-state index contributed by atoms with van der Waals surface area (Å²) in [6, 6.07) is 3.57. The third-order valence-electron chi connectivity index (χ3n) is 5.97. The van der Waals surface area contributed by atoms with Crippen molar-refractivity contribution in [2.24, 2.45) is 0 Å². The molecular weight excluding hydrogens is 521 g/mol. The Kier molecular flexibility index (Phi) is 8.78. The Morgan fingerprint density at radius 2 is 1.73 bits per heavy atom. The molecule has 0 unspecified atom stereocenters. The number of hydrogen-bond donors (Lipinski definition) is 0. The predicted octanol–water partition coefficient (Wildman–Crippen LogP) is 6.73. The maximum absolute atomic E-state index is 13.1. The molecule has 3 aromatic heterocycles. The van der Waals surface area contributed by atoms with Gasteiger partial charge in [0.25, 0.3) is 0 Å². The zero-order valence-corrected chi connectivity index (χ0v) is 22.7. The molecule has 30 heavy (non-hydrogen) atoms. The number of thiazole rings is 1. The van der Waals surface area contributed by atoms with Gasteiger partial charge in [0.1, 0.15) is 0 Å². The monoisotopic (exact) mass is 553 g/mol. The number of rotatable bonds is 12. The molecule has 3 rings (SSSR count). The summed E-state index contributed by atoms with van der Waals surface area (Å²) in [6.07, 6.45) is 13.2. The van der Waals surface area contributed by atoms with E-state index >= 15 is 0 Å². The predicted molar refractivity (Wildman–Crippen MR) is 130 cm³/mol. The van der Waals surface area contributed by atoms with Gasteiger partial charge in [-0.3, -0.25) is 0 Å². The van der Waals surface area contributed by atoms with Gasteiger partial charge in [0, 0.05) is 0 Å². The van der Waals surface area contributed by atoms with Crippen LogP contribution in [-0.2, 0) is 0 Å². The number of imidazole rings is 1. The molecule has 0 atom stereocenters. The molecule has 0 fully saturated rings. The van der Waals surface area contributed by atoms with E-state index in [1.54, 1.807) is 38.8 Å². The molecule has 0 amide bonds. The van der Waals surface area contributed by atoms with Crippen LogP contribution >= 0.6 is 22.9 Å². The van der Waals surface area contributed by atoms with E-state index in [1.807, 2.05) is 4.40 Å². The summed E-state index contributed by atoms with van der Waals surface area (Å²) in [6.45, 7) is 6.88. The van der Waals surface area contributed by atoms with Gasteiger partial charge in [0.15, 0.2) is 0 Å². The van der Waals surface area contributed by atoms with Gasteiger partial charge in [-0.15, -0.1) is 0 Å². The van der Waals surface area contributed by atoms with E-state index in [1.165, 1.54) is 51.8 Å². The van der Waals surface area contributed by atoms with E-state index < -0.39 is 18.4 Å². The van der Waals surface area contributed by atoms with Crippen LogP contribution in [0.1, 0.15) is 75.3 Å². The third kappa shape index (κ3) is 5.10. The molecule has 0 spiro atoms. The van der Waals surface area contributed by atoms with Crippen LogP contribution < -0.4 is 2.89 Å². The Labute approximate surface area is 193 Å². The Bertz CT molecular complexity index is 948. The van der Waals surface area contributed by atoms with Gasteiger partial charge in [0.05, 0.1) is 0 Å². The van der Waals surface area contributed by atoms with Crippen LogP contribution in [0.25, 0.3) is 4.83 Å². The first-order valence-electron chi connectivity index (χ1n) is 11.2. The average molecular weight is 553 g/mol. The molecule has 0 aliphatic heterocycles. The molecule has 0 bridgehead atoms. The first kappa shape index (κ1) is 23.7. The minimum atomic E-state index is -2.58. The van der Waals surface area contributed by atoms with Crippen molar-refractivity contribution in [2.75, 3.05) is 0 Å². The van der Waals surface area contributed by atoms with E-state index in [-0.39, 0.29) is 5.78 Å². The number of carbonyl (C=O) groups is 1. The van der Waals surface area contributed by atoms with Crippen molar-refractivity contribution in [3.05, 3.63) is 47.3 Å². The summed E-state index contributed by atoms with van der Waals surface area (Å²) in [5.74, 6) is -0.0997. The van der Waals surface area contributed by atoms with Gasteiger partial charge in [-0.05, 0) is 0 Å². The van der Waals surface area contributed by atoms with Crippen LogP contribution in [0.2, 0.25) is 18.6 Å². The van der Waals surface area contributed by atoms with E-state index in [0.29, 0.717) is 16.5 Å². The molecule has 4 nitrogen and oxygen atoms in total. The first-order chi connectivity index (χ1) is 14.6. The molecule has 0 aliphatic carbocycles. The van der Waals surface area contributed by atoms with E-state index in [2.05, 4.69) is 36.9 Å². The summed E-state index contributed by atoms with van der Waals surface area (Å²) in [5, 5.41) is 0.390. The number of nitrogens with zero attached hydrogens (tertiary/aromatic N) is 3. The van der Waals surface area contributed by atoms with Crippen LogP contribution in [0, 0.1) is 0 Å². The molecule has 0 aromatic carbocycles. The summed E-state index contributed by atoms with van der Waals surface area (Å²) in [5.41, 5.74) is 1.02. The van der Waals surface area contributed by atoms with Crippen molar-refractivity contribution in [1.82, 2.24) is 14.4 Å². The van der Waals surface area contributed by atoms with E-state index in [9.17, 15) is 4.79 Å². The summed E-state index contributed by atoms with van der Waals surface area (Å²) >= 11 is 5.71. The topological polar surface area (TPSA) is 47.3 Å². The molecule has 0 saturated heterocycles. The second kappa shape index (κ2) is 11.1. The first-order valence-corrected chi connectivity index (χ1v) is 19.9. The zero-order chi connectivity index (χ0) is 21.6. The summed E-state index contributed by atoms with van der Waals surface area (Å²) in [7, 11) is 0. The summed E-state index contributed by atoms with van der Waals surface area (Å²) < 4.78 is 7.70. The van der Waals surface area contributed by atoms with Crippen molar-refractivity contribution in [1.29, 1.82) is 0 Å². The zero-order valence-electron chi connectivity index (χ0n) is 18.3. The molecule has 162 valence electrons. The minimum absolute atomic E-state index is 0.0997.